The van der Waals surface area contributed by atoms with E-state index in [1.807, 2.05) is 56.3 Å². The molecule has 0 fully saturated rings. The Morgan fingerprint density at radius 3 is 2.41 bits per heavy atom. The van der Waals surface area contributed by atoms with E-state index in [9.17, 15) is 4.79 Å². The van der Waals surface area contributed by atoms with Crippen molar-refractivity contribution in [1.82, 2.24) is 5.43 Å². The minimum absolute atomic E-state index is 0.148. The number of anilines is 1. The van der Waals surface area contributed by atoms with E-state index in [-0.39, 0.29) is 5.71 Å². The molecule has 0 bridgehead atoms. The second-order valence-electron chi connectivity index (χ2n) is 7.53. The van der Waals surface area contributed by atoms with Crippen molar-refractivity contribution in [3.05, 3.63) is 71.8 Å². The lowest BCUT2D eigenvalue weighted by atomic mass is 10.00. The number of ether oxygens (including phenoxy) is 3. The number of hydrogen-bond donors (Lipinski definition) is 2. The number of carbonyl (C=O) groups is 1. The summed E-state index contributed by atoms with van der Waals surface area (Å²) in [5.41, 5.74) is 10.5. The van der Waals surface area contributed by atoms with Crippen molar-refractivity contribution < 1.29 is 19.0 Å². The van der Waals surface area contributed by atoms with E-state index in [1.165, 1.54) is 0 Å². The van der Waals surface area contributed by atoms with Crippen molar-refractivity contribution in [2.24, 2.45) is 10.2 Å². The van der Waals surface area contributed by atoms with Crippen LogP contribution in [0.5, 0.6) is 17.2 Å². The summed E-state index contributed by atoms with van der Waals surface area (Å²) in [6, 6.07) is 19.1. The first kappa shape index (κ1) is 22.8. The molecule has 8 heteroatoms. The number of nitrogens with one attached hydrogen (secondary N) is 2. The van der Waals surface area contributed by atoms with E-state index < -0.39 is 5.91 Å². The van der Waals surface area contributed by atoms with Crippen molar-refractivity contribution in [3.63, 3.8) is 0 Å². The van der Waals surface area contributed by atoms with E-state index in [2.05, 4.69) is 21.1 Å². The summed E-state index contributed by atoms with van der Waals surface area (Å²) < 4.78 is 16.3. The molecular formula is C26H26N4O4. The van der Waals surface area contributed by atoms with E-state index in [0.29, 0.717) is 29.4 Å². The first-order valence-electron chi connectivity index (χ1n) is 10.8. The molecule has 1 amide bonds. The minimum atomic E-state index is -0.411. The number of carbonyl (C=O) groups excluding carboxylic acids is 1. The zero-order valence-electron chi connectivity index (χ0n) is 19.5. The van der Waals surface area contributed by atoms with Gasteiger partial charge in [0.25, 0.3) is 5.91 Å². The maximum absolute atomic E-state index is 12.5. The molecule has 1 heterocycles. The highest BCUT2D eigenvalue weighted by molar-refractivity contribution is 6.72. The van der Waals surface area contributed by atoms with Crippen LogP contribution in [0.2, 0.25) is 0 Å². The van der Waals surface area contributed by atoms with Gasteiger partial charge >= 0.3 is 0 Å². The number of amides is 1. The second-order valence-corrected chi connectivity index (χ2v) is 7.53. The lowest BCUT2D eigenvalue weighted by Crippen LogP contribution is -2.25. The number of nitrogens with zero attached hydrogens (tertiary/aromatic N) is 2. The molecule has 34 heavy (non-hydrogen) atoms. The van der Waals surface area contributed by atoms with Crippen molar-refractivity contribution in [3.8, 4) is 28.4 Å². The largest absolute Gasteiger partial charge is 0.497 e. The zero-order chi connectivity index (χ0) is 24.1. The number of hydrazone groups is 2. The summed E-state index contributed by atoms with van der Waals surface area (Å²) in [6.07, 6.45) is 0. The summed E-state index contributed by atoms with van der Waals surface area (Å²) in [5, 5.41) is 8.54. The van der Waals surface area contributed by atoms with Crippen molar-refractivity contribution in [2.45, 2.75) is 13.8 Å². The molecule has 0 aromatic heterocycles. The van der Waals surface area contributed by atoms with Gasteiger partial charge in [0, 0.05) is 0 Å². The highest BCUT2D eigenvalue weighted by atomic mass is 16.5. The Morgan fingerprint density at radius 2 is 1.71 bits per heavy atom. The quantitative estimate of drug-likeness (QED) is 0.489. The fraction of sp³-hybridized carbons (Fsp3) is 0.192. The second kappa shape index (κ2) is 10.1. The topological polar surface area (TPSA) is 93.5 Å². The molecule has 0 saturated carbocycles. The lowest BCUT2D eigenvalue weighted by Gasteiger charge is -2.11. The van der Waals surface area contributed by atoms with Crippen molar-refractivity contribution in [1.29, 1.82) is 0 Å². The maximum Gasteiger partial charge on any atom is 0.294 e. The molecule has 4 rings (SSSR count). The molecule has 3 aromatic carbocycles. The summed E-state index contributed by atoms with van der Waals surface area (Å²) in [4.78, 5) is 12.5. The van der Waals surface area contributed by atoms with Gasteiger partial charge in [-0.2, -0.15) is 10.2 Å². The number of aryl methyl sites for hydroxylation is 1. The summed E-state index contributed by atoms with van der Waals surface area (Å²) in [6.45, 7) is 4.63. The molecule has 8 nitrogen and oxygen atoms in total. The molecule has 3 aromatic rings. The average Bonchev–Trinajstić information content (AvgIpc) is 3.23. The molecule has 0 unspecified atom stereocenters. The van der Waals surface area contributed by atoms with E-state index in [1.54, 1.807) is 32.4 Å². The number of benzene rings is 3. The van der Waals surface area contributed by atoms with Gasteiger partial charge in [-0.1, -0.05) is 18.2 Å². The Labute approximate surface area is 198 Å². The normalized spacial score (nSPS) is 13.9. The Morgan fingerprint density at radius 1 is 0.941 bits per heavy atom. The number of methoxy groups -OCH3 is 2. The molecule has 0 radical (unpaired) electrons. The first-order valence-corrected chi connectivity index (χ1v) is 10.8. The highest BCUT2D eigenvalue weighted by Gasteiger charge is 2.29. The van der Waals surface area contributed by atoms with Gasteiger partial charge < -0.3 is 14.2 Å². The smallest absolute Gasteiger partial charge is 0.294 e. The number of rotatable bonds is 8. The van der Waals surface area contributed by atoms with Crippen LogP contribution >= 0.6 is 0 Å². The Bertz CT molecular complexity index is 1270. The summed E-state index contributed by atoms with van der Waals surface area (Å²) >= 11 is 0. The SMILES string of the molecule is CCOc1ccc(-c2cc(N/N=C3/C(=O)NN=C3c3cc(OC)ccc3OC)ccc2C)cc1. The predicted octanol–water partition coefficient (Wildman–Crippen LogP) is 4.38. The Kier molecular flexibility index (Phi) is 6.77. The maximum atomic E-state index is 12.5. The van der Waals surface area contributed by atoms with Gasteiger partial charge in [-0.25, -0.2) is 5.43 Å². The molecule has 0 saturated heterocycles. The standard InChI is InChI=1S/C26H26N4O4/c1-5-34-19-10-7-17(8-11-19)21-14-18(9-6-16(21)2)27-29-25-24(28-30-26(25)31)22-15-20(32-3)12-13-23(22)33-4/h6-15,27H,5H2,1-4H3,(H,29,30,31). The monoisotopic (exact) mass is 458 g/mol. The van der Waals surface area contributed by atoms with Gasteiger partial charge in [0.1, 0.15) is 23.0 Å². The van der Waals surface area contributed by atoms with Gasteiger partial charge in [-0.3, -0.25) is 10.2 Å². The van der Waals surface area contributed by atoms with Crippen LogP contribution in [0.1, 0.15) is 18.1 Å². The summed E-state index contributed by atoms with van der Waals surface area (Å²) in [7, 11) is 3.13. The van der Waals surface area contributed by atoms with Crippen molar-refractivity contribution in [2.75, 3.05) is 26.3 Å². The minimum Gasteiger partial charge on any atom is -0.497 e. The molecular weight excluding hydrogens is 432 g/mol. The molecule has 174 valence electrons. The Balaban J connectivity index is 1.62. The molecule has 2 N–H and O–H groups in total. The van der Waals surface area contributed by atoms with Crippen LogP contribution in [0.15, 0.2) is 70.9 Å². The fourth-order valence-electron chi connectivity index (χ4n) is 3.63. The molecule has 0 atom stereocenters. The van der Waals surface area contributed by atoms with Crippen LogP contribution in [0.4, 0.5) is 5.69 Å². The zero-order valence-corrected chi connectivity index (χ0v) is 19.5. The molecule has 1 aliphatic rings. The van der Waals surface area contributed by atoms with Crippen LogP contribution in [0.3, 0.4) is 0 Å². The van der Waals surface area contributed by atoms with Crippen LogP contribution in [-0.4, -0.2) is 38.2 Å². The van der Waals surface area contributed by atoms with Crippen LogP contribution in [0.25, 0.3) is 11.1 Å². The first-order chi connectivity index (χ1) is 16.5. The predicted molar refractivity (Wildman–Crippen MR) is 133 cm³/mol. The highest BCUT2D eigenvalue weighted by Crippen LogP contribution is 2.29. The van der Waals surface area contributed by atoms with Gasteiger partial charge in [0.2, 0.25) is 0 Å². The van der Waals surface area contributed by atoms with Crippen LogP contribution < -0.4 is 25.1 Å². The van der Waals surface area contributed by atoms with Gasteiger partial charge in [-0.15, -0.1) is 0 Å². The van der Waals surface area contributed by atoms with E-state index in [4.69, 9.17) is 14.2 Å². The molecule has 1 aliphatic heterocycles. The van der Waals surface area contributed by atoms with Gasteiger partial charge in [-0.05, 0) is 73.0 Å². The molecule has 0 spiro atoms. The van der Waals surface area contributed by atoms with Crippen LogP contribution in [-0.2, 0) is 4.79 Å². The Hall–Kier alpha value is -4.33. The van der Waals surface area contributed by atoms with E-state index in [0.717, 1.165) is 28.1 Å². The van der Waals surface area contributed by atoms with E-state index >= 15 is 0 Å². The third kappa shape index (κ3) is 4.71. The van der Waals surface area contributed by atoms with Crippen LogP contribution in [0, 0.1) is 6.92 Å². The summed E-state index contributed by atoms with van der Waals surface area (Å²) in [5.74, 6) is 1.59. The van der Waals surface area contributed by atoms with Gasteiger partial charge in [0.15, 0.2) is 5.71 Å². The fourth-order valence-corrected chi connectivity index (χ4v) is 3.63. The third-order valence-electron chi connectivity index (χ3n) is 5.38. The average molecular weight is 459 g/mol. The van der Waals surface area contributed by atoms with Crippen molar-refractivity contribution >= 4 is 23.0 Å². The number of hydrogen-bond acceptors (Lipinski definition) is 7. The lowest BCUT2D eigenvalue weighted by molar-refractivity contribution is -0.114. The molecule has 0 aliphatic carbocycles. The third-order valence-corrected chi connectivity index (χ3v) is 5.38. The van der Waals surface area contributed by atoms with Gasteiger partial charge in [0.05, 0.1) is 32.1 Å².